The number of nitrogens with zero attached hydrogens (tertiary/aromatic N) is 1. The maximum atomic E-state index is 10.9. The molecule has 0 radical (unpaired) electrons. The molecule has 0 fully saturated rings. The Balaban J connectivity index is 2.66. The summed E-state index contributed by atoms with van der Waals surface area (Å²) in [6.07, 6.45) is 3.86. The van der Waals surface area contributed by atoms with Crippen LogP contribution in [0.5, 0.6) is 0 Å². The van der Waals surface area contributed by atoms with Gasteiger partial charge in [0.15, 0.2) is 6.29 Å². The number of carbonyl (C=O) groups is 2. The number of fused-ring (bicyclic) bond motifs is 1. The molecule has 2 heterocycles. The van der Waals surface area contributed by atoms with E-state index in [1.807, 2.05) is 0 Å². The minimum absolute atomic E-state index is 0.180. The minimum atomic E-state index is -0.180. The monoisotopic (exact) mass is 203 g/mol. The molecule has 1 amide bonds. The summed E-state index contributed by atoms with van der Waals surface area (Å²) in [6, 6.07) is 1.66. The highest BCUT2D eigenvalue weighted by atomic mass is 16.1. The lowest BCUT2D eigenvalue weighted by molar-refractivity contribution is -0.114. The van der Waals surface area contributed by atoms with Gasteiger partial charge in [-0.15, -0.1) is 0 Å². The Labute approximate surface area is 85.5 Å². The fraction of sp³-hybridized carbons (Fsp3) is 0.100. The number of aromatic amines is 1. The number of pyridine rings is 1. The molecule has 0 saturated carbocycles. The molecule has 0 aliphatic heterocycles. The summed E-state index contributed by atoms with van der Waals surface area (Å²) in [5.41, 5.74) is 1.67. The van der Waals surface area contributed by atoms with Crippen molar-refractivity contribution in [1.82, 2.24) is 9.97 Å². The molecule has 2 rings (SSSR count). The van der Waals surface area contributed by atoms with Crippen LogP contribution >= 0.6 is 0 Å². The van der Waals surface area contributed by atoms with Crippen LogP contribution < -0.4 is 5.32 Å². The number of carbonyl (C=O) groups excluding carboxylic acids is 2. The second kappa shape index (κ2) is 3.53. The summed E-state index contributed by atoms with van der Waals surface area (Å²) in [4.78, 5) is 28.6. The third kappa shape index (κ3) is 1.59. The average Bonchev–Trinajstić information content (AvgIpc) is 2.61. The third-order valence-corrected chi connectivity index (χ3v) is 2.04. The number of hydrogen-bond acceptors (Lipinski definition) is 3. The normalized spacial score (nSPS) is 10.2. The smallest absolute Gasteiger partial charge is 0.221 e. The lowest BCUT2D eigenvalue weighted by Gasteiger charge is -2.03. The fourth-order valence-electron chi connectivity index (χ4n) is 1.47. The lowest BCUT2D eigenvalue weighted by atomic mass is 10.2. The molecule has 0 saturated heterocycles. The van der Waals surface area contributed by atoms with Crippen molar-refractivity contribution in [2.24, 2.45) is 0 Å². The minimum Gasteiger partial charge on any atom is -0.345 e. The van der Waals surface area contributed by atoms with Crippen LogP contribution in [0.2, 0.25) is 0 Å². The summed E-state index contributed by atoms with van der Waals surface area (Å²) < 4.78 is 0. The van der Waals surface area contributed by atoms with Gasteiger partial charge in [0.2, 0.25) is 5.91 Å². The highest BCUT2D eigenvalue weighted by Gasteiger charge is 2.09. The molecule has 0 unspecified atom stereocenters. The molecule has 2 aromatic heterocycles. The Morgan fingerprint density at radius 3 is 3.07 bits per heavy atom. The topological polar surface area (TPSA) is 74.8 Å². The summed E-state index contributed by atoms with van der Waals surface area (Å²) in [5.74, 6) is -0.180. The quantitative estimate of drug-likeness (QED) is 0.723. The van der Waals surface area contributed by atoms with Gasteiger partial charge in [-0.25, -0.2) is 4.98 Å². The zero-order valence-electron chi connectivity index (χ0n) is 8.07. The molecule has 0 spiro atoms. The first-order valence-electron chi connectivity index (χ1n) is 4.41. The highest BCUT2D eigenvalue weighted by molar-refractivity contribution is 6.06. The van der Waals surface area contributed by atoms with Gasteiger partial charge in [0.05, 0.1) is 11.1 Å². The van der Waals surface area contributed by atoms with Crippen molar-refractivity contribution in [3.8, 4) is 0 Å². The van der Waals surface area contributed by atoms with Crippen LogP contribution in [0, 0.1) is 0 Å². The Morgan fingerprint density at radius 1 is 1.60 bits per heavy atom. The van der Waals surface area contributed by atoms with Gasteiger partial charge < -0.3 is 10.3 Å². The van der Waals surface area contributed by atoms with E-state index in [-0.39, 0.29) is 5.91 Å². The van der Waals surface area contributed by atoms with Crippen LogP contribution in [-0.4, -0.2) is 22.2 Å². The van der Waals surface area contributed by atoms with Crippen LogP contribution in [0.3, 0.4) is 0 Å². The summed E-state index contributed by atoms with van der Waals surface area (Å²) in [5, 5.41) is 3.29. The van der Waals surface area contributed by atoms with E-state index < -0.39 is 0 Å². The van der Waals surface area contributed by atoms with Gasteiger partial charge >= 0.3 is 0 Å². The predicted molar refractivity (Wildman–Crippen MR) is 55.8 cm³/mol. The Kier molecular flexibility index (Phi) is 2.21. The van der Waals surface area contributed by atoms with Gasteiger partial charge in [-0.05, 0) is 6.07 Å². The highest BCUT2D eigenvalue weighted by Crippen LogP contribution is 2.23. The molecule has 0 aromatic carbocycles. The molecule has 0 aliphatic rings. The number of amides is 1. The number of H-pyrrole nitrogens is 1. The SMILES string of the molecule is CC(=O)Nc1ccnc2[nH]cc(C=O)c12. The van der Waals surface area contributed by atoms with E-state index >= 15 is 0 Å². The van der Waals surface area contributed by atoms with Crippen molar-refractivity contribution in [1.29, 1.82) is 0 Å². The molecule has 5 nitrogen and oxygen atoms in total. The van der Waals surface area contributed by atoms with Crippen molar-refractivity contribution >= 4 is 28.9 Å². The first kappa shape index (κ1) is 9.39. The number of anilines is 1. The van der Waals surface area contributed by atoms with Gasteiger partial charge in [-0.1, -0.05) is 0 Å². The fourth-order valence-corrected chi connectivity index (χ4v) is 1.47. The second-order valence-electron chi connectivity index (χ2n) is 3.13. The molecule has 0 atom stereocenters. The lowest BCUT2D eigenvalue weighted by Crippen LogP contribution is -2.06. The van der Waals surface area contributed by atoms with E-state index in [1.54, 1.807) is 18.5 Å². The van der Waals surface area contributed by atoms with E-state index in [0.717, 1.165) is 6.29 Å². The first-order valence-corrected chi connectivity index (χ1v) is 4.41. The summed E-state index contributed by atoms with van der Waals surface area (Å²) in [6.45, 7) is 1.42. The molecule has 0 aliphatic carbocycles. The van der Waals surface area contributed by atoms with Gasteiger partial charge in [-0.2, -0.15) is 0 Å². The predicted octanol–water partition coefficient (Wildman–Crippen LogP) is 1.33. The summed E-state index contributed by atoms with van der Waals surface area (Å²) in [7, 11) is 0. The van der Waals surface area contributed by atoms with Crippen LogP contribution in [0.15, 0.2) is 18.5 Å². The van der Waals surface area contributed by atoms with Crippen LogP contribution in [0.25, 0.3) is 11.0 Å². The number of aldehydes is 1. The van der Waals surface area contributed by atoms with Crippen LogP contribution in [-0.2, 0) is 4.79 Å². The van der Waals surface area contributed by atoms with Gasteiger partial charge in [0.25, 0.3) is 0 Å². The summed E-state index contributed by atoms with van der Waals surface area (Å²) >= 11 is 0. The zero-order valence-corrected chi connectivity index (χ0v) is 8.07. The van der Waals surface area contributed by atoms with Crippen molar-refractivity contribution in [3.05, 3.63) is 24.0 Å². The van der Waals surface area contributed by atoms with E-state index in [9.17, 15) is 9.59 Å². The zero-order chi connectivity index (χ0) is 10.8. The van der Waals surface area contributed by atoms with E-state index in [0.29, 0.717) is 22.3 Å². The van der Waals surface area contributed by atoms with Crippen molar-refractivity contribution in [2.45, 2.75) is 6.92 Å². The molecular weight excluding hydrogens is 194 g/mol. The standard InChI is InChI=1S/C10H9N3O2/c1-6(15)13-8-2-3-11-10-9(8)7(5-14)4-12-10/h2-5H,1H3,(H2,11,12,13,15). The number of aromatic nitrogens is 2. The number of rotatable bonds is 2. The maximum absolute atomic E-state index is 10.9. The first-order chi connectivity index (χ1) is 7.22. The second-order valence-corrected chi connectivity index (χ2v) is 3.13. The molecule has 2 aromatic rings. The van der Waals surface area contributed by atoms with Crippen molar-refractivity contribution in [2.75, 3.05) is 5.32 Å². The van der Waals surface area contributed by atoms with Crippen molar-refractivity contribution in [3.63, 3.8) is 0 Å². The van der Waals surface area contributed by atoms with E-state index in [2.05, 4.69) is 15.3 Å². The largest absolute Gasteiger partial charge is 0.345 e. The van der Waals surface area contributed by atoms with Gasteiger partial charge in [0, 0.05) is 24.9 Å². The molecule has 2 N–H and O–H groups in total. The van der Waals surface area contributed by atoms with E-state index in [4.69, 9.17) is 0 Å². The molecule has 0 bridgehead atoms. The Morgan fingerprint density at radius 2 is 2.40 bits per heavy atom. The number of nitrogens with one attached hydrogen (secondary N) is 2. The van der Waals surface area contributed by atoms with Crippen LogP contribution in [0.1, 0.15) is 17.3 Å². The van der Waals surface area contributed by atoms with E-state index in [1.165, 1.54) is 6.92 Å². The molecule has 5 heteroatoms. The Hall–Kier alpha value is -2.17. The number of hydrogen-bond donors (Lipinski definition) is 2. The van der Waals surface area contributed by atoms with Crippen molar-refractivity contribution < 1.29 is 9.59 Å². The molecular formula is C10H9N3O2. The third-order valence-electron chi connectivity index (χ3n) is 2.04. The van der Waals surface area contributed by atoms with Crippen LogP contribution in [0.4, 0.5) is 5.69 Å². The molecule has 76 valence electrons. The molecule has 15 heavy (non-hydrogen) atoms. The Bertz CT molecular complexity index is 530. The van der Waals surface area contributed by atoms with Gasteiger partial charge in [0.1, 0.15) is 5.65 Å². The van der Waals surface area contributed by atoms with Gasteiger partial charge in [-0.3, -0.25) is 9.59 Å². The average molecular weight is 203 g/mol. The maximum Gasteiger partial charge on any atom is 0.221 e.